The van der Waals surface area contributed by atoms with Gasteiger partial charge in [-0.3, -0.25) is 5.01 Å². The minimum absolute atomic E-state index is 0.00859. The maximum atomic E-state index is 12.5. The van der Waals surface area contributed by atoms with Crippen molar-refractivity contribution < 1.29 is 18.3 Å². The van der Waals surface area contributed by atoms with E-state index in [4.69, 9.17) is 12.6 Å². The second kappa shape index (κ2) is 3.86. The highest BCUT2D eigenvalue weighted by Crippen LogP contribution is 2.30. The van der Waals surface area contributed by atoms with Crippen LogP contribution in [0.3, 0.4) is 0 Å². The number of nitrogens with zero attached hydrogens (tertiary/aromatic N) is 3. The number of aliphatic imine (C=N–C) groups is 1. The van der Waals surface area contributed by atoms with Gasteiger partial charge in [-0.15, -0.1) is 5.53 Å². The Morgan fingerprint density at radius 1 is 1.53 bits per heavy atom. The summed E-state index contributed by atoms with van der Waals surface area (Å²) in [7, 11) is 0. The van der Waals surface area contributed by atoms with E-state index in [1.807, 2.05) is 0 Å². The first-order chi connectivity index (χ1) is 7.79. The number of allylic oxidation sites excluding steroid dienone is 1. The zero-order valence-electron chi connectivity index (χ0n) is 8.56. The monoisotopic (exact) mass is 265 g/mol. The van der Waals surface area contributed by atoms with Crippen molar-refractivity contribution in [2.75, 3.05) is 0 Å². The van der Waals surface area contributed by atoms with Crippen LogP contribution in [-0.2, 0) is 0 Å². The van der Waals surface area contributed by atoms with Gasteiger partial charge in [0.1, 0.15) is 17.0 Å². The first-order valence-electron chi connectivity index (χ1n) is 4.58. The molecule has 2 heterocycles. The van der Waals surface area contributed by atoms with Gasteiger partial charge in [0.2, 0.25) is 0 Å². The van der Waals surface area contributed by atoms with Crippen molar-refractivity contribution >= 4 is 18.3 Å². The van der Waals surface area contributed by atoms with Crippen LogP contribution >= 0.6 is 12.6 Å². The van der Waals surface area contributed by atoms with Gasteiger partial charge >= 0.3 is 6.18 Å². The van der Waals surface area contributed by atoms with E-state index in [0.29, 0.717) is 0 Å². The second-order valence-electron chi connectivity index (χ2n) is 3.44. The molecule has 0 aromatic heterocycles. The molecule has 0 aliphatic carbocycles. The molecule has 0 saturated carbocycles. The molecule has 17 heavy (non-hydrogen) atoms. The maximum Gasteiger partial charge on any atom is 0.433 e. The fourth-order valence-electron chi connectivity index (χ4n) is 1.29. The number of hydrogen-bond acceptors (Lipinski definition) is 5. The summed E-state index contributed by atoms with van der Waals surface area (Å²) < 4.78 is 37.4. The largest absolute Gasteiger partial charge is 0.433 e. The molecule has 9 heteroatoms. The van der Waals surface area contributed by atoms with Gasteiger partial charge in [0, 0.05) is 6.08 Å². The molecule has 0 saturated heterocycles. The third-order valence-electron chi connectivity index (χ3n) is 2.11. The Bertz CT molecular complexity index is 429. The highest BCUT2D eigenvalue weighted by molar-refractivity contribution is 7.84. The van der Waals surface area contributed by atoms with Crippen LogP contribution in [0.15, 0.2) is 28.1 Å². The van der Waals surface area contributed by atoms with Crippen LogP contribution in [-0.4, -0.2) is 33.2 Å². The van der Waals surface area contributed by atoms with E-state index in [-0.39, 0.29) is 10.9 Å². The van der Waals surface area contributed by atoms with E-state index >= 15 is 0 Å². The van der Waals surface area contributed by atoms with E-state index in [2.05, 4.69) is 10.5 Å². The van der Waals surface area contributed by atoms with Crippen molar-refractivity contribution in [3.63, 3.8) is 0 Å². The number of nitrogens with one attached hydrogen (secondary N) is 1. The second-order valence-corrected chi connectivity index (χ2v) is 3.86. The third kappa shape index (κ3) is 2.21. The average Bonchev–Trinajstić information content (AvgIpc) is 2.60. The molecule has 0 spiro atoms. The minimum Gasteiger partial charge on any atom is -0.372 e. The van der Waals surface area contributed by atoms with E-state index in [1.54, 1.807) is 0 Å². The summed E-state index contributed by atoms with van der Waals surface area (Å²) in [6.07, 6.45) is -3.46. The first-order valence-corrected chi connectivity index (χ1v) is 4.99. The van der Waals surface area contributed by atoms with Crippen LogP contribution < -0.4 is 5.53 Å². The van der Waals surface area contributed by atoms with Crippen LogP contribution in [0.5, 0.6) is 0 Å². The Hall–Kier alpha value is -1.32. The number of hydrogen-bond donors (Lipinski definition) is 2. The van der Waals surface area contributed by atoms with Crippen LogP contribution in [0.25, 0.3) is 0 Å². The van der Waals surface area contributed by atoms with Gasteiger partial charge < -0.3 is 5.11 Å². The molecule has 2 N–H and O–H groups in total. The molecule has 1 atom stereocenters. The van der Waals surface area contributed by atoms with Gasteiger partial charge in [0.05, 0.1) is 6.20 Å². The molecule has 0 amide bonds. The fraction of sp³-hybridized carbons (Fsp3) is 0.375. The highest BCUT2D eigenvalue weighted by atomic mass is 32.1. The van der Waals surface area contributed by atoms with Gasteiger partial charge in [0.25, 0.3) is 0 Å². The van der Waals surface area contributed by atoms with E-state index in [9.17, 15) is 18.3 Å². The van der Waals surface area contributed by atoms with Crippen LogP contribution in [0.1, 0.15) is 6.92 Å². The number of rotatable bonds is 1. The molecule has 1 radical (unpaired) electrons. The van der Waals surface area contributed by atoms with Crippen LogP contribution in [0.4, 0.5) is 13.2 Å². The van der Waals surface area contributed by atoms with E-state index < -0.39 is 18.1 Å². The lowest BCUT2D eigenvalue weighted by molar-refractivity contribution is -0.0583. The Labute approximate surface area is 100 Å². The number of aliphatic hydroxyl groups excluding tert-OH is 1. The van der Waals surface area contributed by atoms with Gasteiger partial charge in [-0.25, -0.2) is 10.0 Å². The lowest BCUT2D eigenvalue weighted by Crippen LogP contribution is -2.44. The van der Waals surface area contributed by atoms with Gasteiger partial charge in [-0.1, -0.05) is 12.6 Å². The normalized spacial score (nSPS) is 21.8. The fourth-order valence-corrected chi connectivity index (χ4v) is 1.54. The van der Waals surface area contributed by atoms with Crippen LogP contribution in [0, 0.1) is 0 Å². The highest BCUT2D eigenvalue weighted by Gasteiger charge is 2.39. The van der Waals surface area contributed by atoms with Gasteiger partial charge in [-0.2, -0.15) is 13.2 Å². The summed E-state index contributed by atoms with van der Waals surface area (Å²) in [5.74, 6) is -0.00859. The topological polar surface area (TPSA) is 51.1 Å². The standard InChI is InChI=1S/C8H8F3N4OS/c1-4(16)14-3-6-12-5(8(9,10)11)2-7(17)15(6)13-14/h2-4,13,16H,1H3/t4-/m0/s1. The van der Waals surface area contributed by atoms with Gasteiger partial charge in [0.15, 0.2) is 5.82 Å². The smallest absolute Gasteiger partial charge is 0.372 e. The molecule has 2 aliphatic heterocycles. The Morgan fingerprint density at radius 2 is 2.18 bits per heavy atom. The lowest BCUT2D eigenvalue weighted by Gasteiger charge is -2.26. The van der Waals surface area contributed by atoms with Crippen LogP contribution in [0.2, 0.25) is 0 Å². The molecule has 2 rings (SSSR count). The van der Waals surface area contributed by atoms with Gasteiger partial charge in [-0.05, 0) is 6.92 Å². The molecule has 0 aromatic rings. The van der Waals surface area contributed by atoms with Crippen molar-refractivity contribution in [3.05, 3.63) is 23.1 Å². The Morgan fingerprint density at radius 3 is 2.71 bits per heavy atom. The van der Waals surface area contributed by atoms with Crippen molar-refractivity contribution in [3.8, 4) is 0 Å². The van der Waals surface area contributed by atoms with Crippen molar-refractivity contribution in [2.45, 2.75) is 19.3 Å². The van der Waals surface area contributed by atoms with E-state index in [0.717, 1.165) is 6.08 Å². The molecule has 2 aliphatic rings. The third-order valence-corrected chi connectivity index (χ3v) is 2.41. The predicted octanol–water partition coefficient (Wildman–Crippen LogP) is 1.22. The summed E-state index contributed by atoms with van der Waals surface area (Å²) in [5.41, 5.74) is 1.54. The quantitative estimate of drug-likeness (QED) is 0.748. The van der Waals surface area contributed by atoms with Crippen molar-refractivity contribution in [1.82, 2.24) is 15.6 Å². The summed E-state index contributed by atoms with van der Waals surface area (Å²) in [6, 6.07) is 0. The molecular weight excluding hydrogens is 257 g/mol. The molecule has 5 nitrogen and oxygen atoms in total. The first kappa shape index (κ1) is 12.1. The number of hydrazine groups is 2. The number of halogens is 3. The molecule has 93 valence electrons. The molecule has 0 unspecified atom stereocenters. The SMILES string of the molecule is C[C@H](O)N1C=C2N=C(C(F)(F)F)C=C([S])N2N1. The maximum absolute atomic E-state index is 12.5. The zero-order chi connectivity index (χ0) is 12.8. The zero-order valence-corrected chi connectivity index (χ0v) is 9.38. The average molecular weight is 265 g/mol. The van der Waals surface area contributed by atoms with E-state index in [1.165, 1.54) is 23.1 Å². The van der Waals surface area contributed by atoms with Crippen molar-refractivity contribution in [2.24, 2.45) is 4.99 Å². The molecule has 0 fully saturated rings. The molecule has 0 aromatic carbocycles. The number of aliphatic hydroxyl groups is 1. The summed E-state index contributed by atoms with van der Waals surface area (Å²) >= 11 is 4.81. The summed E-state index contributed by atoms with van der Waals surface area (Å²) in [4.78, 5) is 3.42. The Balaban J connectivity index is 2.33. The molecular formula is C8H8F3N4OS. The summed E-state index contributed by atoms with van der Waals surface area (Å²) in [5, 5.41) is 11.6. The molecule has 0 bridgehead atoms. The minimum atomic E-state index is -4.55. The van der Waals surface area contributed by atoms with Crippen molar-refractivity contribution in [1.29, 1.82) is 0 Å². The number of fused-ring (bicyclic) bond motifs is 1. The predicted molar refractivity (Wildman–Crippen MR) is 55.7 cm³/mol. The lowest BCUT2D eigenvalue weighted by atomic mass is 10.3. The number of alkyl halides is 3. The Kier molecular flexibility index (Phi) is 2.76. The summed E-state index contributed by atoms with van der Waals surface area (Å²) in [6.45, 7) is 1.45.